The summed E-state index contributed by atoms with van der Waals surface area (Å²) in [6.45, 7) is 6.17. The second kappa shape index (κ2) is 12.1. The van der Waals surface area contributed by atoms with Gasteiger partial charge in [-0.3, -0.25) is 0 Å². The van der Waals surface area contributed by atoms with Crippen LogP contribution in [-0.2, 0) is 0 Å². The minimum atomic E-state index is -0.378. The third kappa shape index (κ3) is 6.41. The molecule has 2 saturated carbocycles. The maximum absolute atomic E-state index is 14.2. The van der Waals surface area contributed by atoms with E-state index < -0.39 is 0 Å². The maximum Gasteiger partial charge on any atom is 0.166 e. The molecule has 34 heavy (non-hydrogen) atoms. The third-order valence-corrected chi connectivity index (χ3v) is 7.74. The van der Waals surface area contributed by atoms with Crippen LogP contribution in [0.5, 0.6) is 5.75 Å². The van der Waals surface area contributed by atoms with Gasteiger partial charge in [-0.05, 0) is 111 Å². The molecule has 0 aromatic heterocycles. The Kier molecular flexibility index (Phi) is 8.64. The van der Waals surface area contributed by atoms with E-state index in [9.17, 15) is 4.39 Å². The summed E-state index contributed by atoms with van der Waals surface area (Å²) in [4.78, 5) is 0. The van der Waals surface area contributed by atoms with Crippen LogP contribution >= 0.6 is 0 Å². The van der Waals surface area contributed by atoms with Crippen molar-refractivity contribution in [3.8, 4) is 17.6 Å². The first-order valence-electron chi connectivity index (χ1n) is 12.9. The molecule has 2 aromatic carbocycles. The summed E-state index contributed by atoms with van der Waals surface area (Å²) < 4.78 is 19.6. The van der Waals surface area contributed by atoms with Crippen molar-refractivity contribution in [2.24, 2.45) is 17.8 Å². The molecule has 0 aliphatic heterocycles. The van der Waals surface area contributed by atoms with Gasteiger partial charge in [-0.2, -0.15) is 0 Å². The zero-order chi connectivity index (χ0) is 23.8. The van der Waals surface area contributed by atoms with Crippen molar-refractivity contribution in [3.63, 3.8) is 0 Å². The molecular weight excluding hydrogens is 419 g/mol. The number of hydrogen-bond acceptors (Lipinski definition) is 1. The van der Waals surface area contributed by atoms with Crippen LogP contribution in [0.25, 0.3) is 0 Å². The van der Waals surface area contributed by atoms with Gasteiger partial charge in [0.25, 0.3) is 0 Å². The lowest BCUT2D eigenvalue weighted by Crippen LogP contribution is -2.30. The van der Waals surface area contributed by atoms with Crippen molar-refractivity contribution in [2.75, 3.05) is 6.61 Å². The van der Waals surface area contributed by atoms with E-state index >= 15 is 0 Å². The van der Waals surface area contributed by atoms with Gasteiger partial charge in [0.1, 0.15) is 6.61 Å². The second-order valence-corrected chi connectivity index (χ2v) is 9.97. The summed E-state index contributed by atoms with van der Waals surface area (Å²) in [6.07, 6.45) is 16.6. The largest absolute Gasteiger partial charge is 0.486 e. The van der Waals surface area contributed by atoms with E-state index in [0.29, 0.717) is 18.1 Å². The molecule has 0 heterocycles. The first kappa shape index (κ1) is 24.3. The Morgan fingerprint density at radius 3 is 2.47 bits per heavy atom. The van der Waals surface area contributed by atoms with E-state index in [-0.39, 0.29) is 11.6 Å². The molecule has 4 rings (SSSR count). The molecule has 0 bridgehead atoms. The molecule has 2 aromatic rings. The Hall–Kier alpha value is -2.79. The minimum absolute atomic E-state index is 0.257. The van der Waals surface area contributed by atoms with Crippen molar-refractivity contribution in [1.29, 1.82) is 0 Å². The minimum Gasteiger partial charge on any atom is -0.486 e. The standard InChI is InChI=1S/C32H37FO/c1-3-5-7-25-12-16-30-23-29(18-17-28(30)21-25)27-14-10-24(11-15-27)8-9-26-13-19-32(31(33)22-26)34-20-6-4-2/h3-4,6,10-11,13-15,19,22,25,28-30H,1,5,7,12,16-18,20-21,23H2,2H3/b6-4+. The summed E-state index contributed by atoms with van der Waals surface area (Å²) in [5, 5.41) is 0. The quantitative estimate of drug-likeness (QED) is 0.300. The molecule has 2 aliphatic carbocycles. The molecule has 0 spiro atoms. The highest BCUT2D eigenvalue weighted by Crippen LogP contribution is 2.48. The van der Waals surface area contributed by atoms with Crippen LogP contribution in [-0.4, -0.2) is 6.61 Å². The monoisotopic (exact) mass is 456 g/mol. The van der Waals surface area contributed by atoms with Crippen molar-refractivity contribution in [2.45, 2.75) is 64.2 Å². The van der Waals surface area contributed by atoms with Crippen LogP contribution in [0.1, 0.15) is 80.9 Å². The van der Waals surface area contributed by atoms with E-state index in [2.05, 4.69) is 48.8 Å². The summed E-state index contributed by atoms with van der Waals surface area (Å²) >= 11 is 0. The smallest absolute Gasteiger partial charge is 0.166 e. The first-order chi connectivity index (χ1) is 16.7. The van der Waals surface area contributed by atoms with Crippen molar-refractivity contribution >= 4 is 0 Å². The van der Waals surface area contributed by atoms with Gasteiger partial charge < -0.3 is 4.74 Å². The van der Waals surface area contributed by atoms with Gasteiger partial charge in [0.2, 0.25) is 0 Å². The number of hydrogen-bond donors (Lipinski definition) is 0. The fraction of sp³-hybridized carbons (Fsp3) is 0.438. The summed E-state index contributed by atoms with van der Waals surface area (Å²) in [6, 6.07) is 13.6. The number of allylic oxidation sites excluding steroid dienone is 2. The Morgan fingerprint density at radius 2 is 1.71 bits per heavy atom. The number of fused-ring (bicyclic) bond motifs is 1. The van der Waals surface area contributed by atoms with Gasteiger partial charge in [0.15, 0.2) is 11.6 Å². The van der Waals surface area contributed by atoms with Crippen LogP contribution in [0, 0.1) is 35.4 Å². The number of ether oxygens (including phenoxy) is 1. The van der Waals surface area contributed by atoms with Crippen LogP contribution in [0.2, 0.25) is 0 Å². The highest BCUT2D eigenvalue weighted by molar-refractivity contribution is 5.45. The van der Waals surface area contributed by atoms with Gasteiger partial charge in [0.05, 0.1) is 0 Å². The Morgan fingerprint density at radius 1 is 0.971 bits per heavy atom. The highest BCUT2D eigenvalue weighted by Gasteiger charge is 2.35. The molecule has 2 fully saturated rings. The number of halogens is 1. The van der Waals surface area contributed by atoms with E-state index in [4.69, 9.17) is 4.74 Å². The van der Waals surface area contributed by atoms with Gasteiger partial charge in [-0.25, -0.2) is 4.39 Å². The van der Waals surface area contributed by atoms with Crippen LogP contribution in [0.15, 0.2) is 67.3 Å². The van der Waals surface area contributed by atoms with Crippen molar-refractivity contribution in [1.82, 2.24) is 0 Å². The topological polar surface area (TPSA) is 9.23 Å². The zero-order valence-electron chi connectivity index (χ0n) is 20.4. The van der Waals surface area contributed by atoms with Gasteiger partial charge in [-0.1, -0.05) is 48.6 Å². The molecule has 4 atom stereocenters. The first-order valence-corrected chi connectivity index (χ1v) is 12.9. The highest BCUT2D eigenvalue weighted by atomic mass is 19.1. The molecule has 1 nitrogen and oxygen atoms in total. The van der Waals surface area contributed by atoms with E-state index in [1.807, 2.05) is 19.1 Å². The SMILES string of the molecule is C=CCCC1CCC2CC(c3ccc(C#Cc4ccc(OC/C=C/C)c(F)c4)cc3)CCC2C1. The Balaban J connectivity index is 1.33. The average molecular weight is 457 g/mol. The molecule has 0 saturated heterocycles. The van der Waals surface area contributed by atoms with Gasteiger partial charge in [-0.15, -0.1) is 6.58 Å². The predicted molar refractivity (Wildman–Crippen MR) is 139 cm³/mol. The lowest BCUT2D eigenvalue weighted by Gasteiger charge is -2.42. The van der Waals surface area contributed by atoms with Crippen LogP contribution in [0.3, 0.4) is 0 Å². The summed E-state index contributed by atoms with van der Waals surface area (Å²) in [5.74, 6) is 9.58. The van der Waals surface area contributed by atoms with E-state index in [0.717, 1.165) is 23.3 Å². The van der Waals surface area contributed by atoms with Crippen molar-refractivity contribution in [3.05, 3.63) is 89.8 Å². The lowest BCUT2D eigenvalue weighted by atomic mass is 9.63. The zero-order valence-corrected chi connectivity index (χ0v) is 20.4. The number of benzene rings is 2. The van der Waals surface area contributed by atoms with E-state index in [1.165, 1.54) is 63.0 Å². The average Bonchev–Trinajstić information content (AvgIpc) is 2.87. The molecule has 2 heteroatoms. The lowest BCUT2D eigenvalue weighted by molar-refractivity contribution is 0.115. The normalized spacial score (nSPS) is 24.2. The maximum atomic E-state index is 14.2. The molecular formula is C32H37FO. The fourth-order valence-electron chi connectivity index (χ4n) is 5.82. The third-order valence-electron chi connectivity index (χ3n) is 7.74. The van der Waals surface area contributed by atoms with Gasteiger partial charge >= 0.3 is 0 Å². The second-order valence-electron chi connectivity index (χ2n) is 9.97. The molecule has 0 N–H and O–H groups in total. The van der Waals surface area contributed by atoms with Crippen LogP contribution in [0.4, 0.5) is 4.39 Å². The molecule has 2 aliphatic rings. The molecule has 178 valence electrons. The Bertz CT molecular complexity index is 1040. The van der Waals surface area contributed by atoms with Crippen molar-refractivity contribution < 1.29 is 9.13 Å². The summed E-state index contributed by atoms with van der Waals surface area (Å²) in [5.41, 5.74) is 3.07. The number of rotatable bonds is 7. The predicted octanol–water partition coefficient (Wildman–Crippen LogP) is 8.45. The fourth-order valence-corrected chi connectivity index (χ4v) is 5.82. The molecule has 0 radical (unpaired) electrons. The van der Waals surface area contributed by atoms with Gasteiger partial charge in [0, 0.05) is 11.1 Å². The summed E-state index contributed by atoms with van der Waals surface area (Å²) in [7, 11) is 0. The van der Waals surface area contributed by atoms with E-state index in [1.54, 1.807) is 12.1 Å². The molecule has 0 amide bonds. The van der Waals surface area contributed by atoms with Crippen LogP contribution < -0.4 is 4.74 Å². The molecule has 4 unspecified atom stereocenters. The Labute approximate surface area is 205 Å².